The number of alkyl halides is 3. The van der Waals surface area contributed by atoms with Gasteiger partial charge in [0.05, 0.1) is 17.1 Å². The quantitative estimate of drug-likeness (QED) is 0.806. The summed E-state index contributed by atoms with van der Waals surface area (Å²) >= 11 is 2.96. The van der Waals surface area contributed by atoms with Crippen LogP contribution < -0.4 is 10.2 Å². The number of hydrogen-bond acceptors (Lipinski definition) is 3. The normalized spacial score (nSPS) is 11.4. The fraction of sp³-hybridized carbons (Fsp3) is 0.250. The minimum atomic E-state index is -4.67. The van der Waals surface area contributed by atoms with Gasteiger partial charge in [0.15, 0.2) is 0 Å². The standard InChI is InChI=1S/C8H7BBrF3O3/c1-16-7-5(10)3-2-4(8(11,12)13)6(7)9(14)15/h2-3,14-15H,1H3. The SMILES string of the molecule is COc1c(Br)ccc(C(F)(F)F)c1B(O)O. The molecule has 0 aliphatic heterocycles. The van der Waals surface area contributed by atoms with Crippen LogP contribution in [0.15, 0.2) is 16.6 Å². The topological polar surface area (TPSA) is 49.7 Å². The molecule has 0 saturated heterocycles. The van der Waals surface area contributed by atoms with Crippen LogP contribution in [0.4, 0.5) is 13.2 Å². The average Bonchev–Trinajstić information content (AvgIpc) is 2.14. The third-order valence-electron chi connectivity index (χ3n) is 1.92. The van der Waals surface area contributed by atoms with Gasteiger partial charge in [-0.1, -0.05) is 0 Å². The van der Waals surface area contributed by atoms with E-state index in [-0.39, 0.29) is 10.2 Å². The van der Waals surface area contributed by atoms with E-state index in [9.17, 15) is 13.2 Å². The predicted molar refractivity (Wildman–Crippen MR) is 55.5 cm³/mol. The third kappa shape index (κ3) is 2.50. The van der Waals surface area contributed by atoms with Gasteiger partial charge in [0, 0.05) is 5.46 Å². The molecule has 2 N–H and O–H groups in total. The highest BCUT2D eigenvalue weighted by Gasteiger charge is 2.38. The maximum Gasteiger partial charge on any atom is 0.492 e. The van der Waals surface area contributed by atoms with E-state index in [0.717, 1.165) is 19.2 Å². The van der Waals surface area contributed by atoms with Crippen molar-refractivity contribution in [3.63, 3.8) is 0 Å². The summed E-state index contributed by atoms with van der Waals surface area (Å²) in [5, 5.41) is 17.9. The van der Waals surface area contributed by atoms with Crippen LogP contribution in [-0.2, 0) is 6.18 Å². The number of halogens is 4. The van der Waals surface area contributed by atoms with E-state index in [1.807, 2.05) is 0 Å². The van der Waals surface area contributed by atoms with Crippen LogP contribution in [0.1, 0.15) is 5.56 Å². The predicted octanol–water partition coefficient (Wildman–Crippen LogP) is 1.16. The van der Waals surface area contributed by atoms with Crippen molar-refractivity contribution in [2.24, 2.45) is 0 Å². The molecule has 16 heavy (non-hydrogen) atoms. The van der Waals surface area contributed by atoms with E-state index in [1.54, 1.807) is 0 Å². The molecule has 0 atom stereocenters. The van der Waals surface area contributed by atoms with Crippen LogP contribution >= 0.6 is 15.9 Å². The summed E-state index contributed by atoms with van der Waals surface area (Å²) in [6.07, 6.45) is -4.67. The summed E-state index contributed by atoms with van der Waals surface area (Å²) in [5.41, 5.74) is -1.84. The maximum atomic E-state index is 12.6. The Hall–Kier alpha value is -0.725. The molecule has 0 bridgehead atoms. The molecule has 0 aliphatic rings. The molecular weight excluding hydrogens is 292 g/mol. The van der Waals surface area contributed by atoms with Crippen LogP contribution in [0.5, 0.6) is 5.75 Å². The van der Waals surface area contributed by atoms with Gasteiger partial charge in [-0.3, -0.25) is 0 Å². The van der Waals surface area contributed by atoms with Crippen molar-refractivity contribution in [2.45, 2.75) is 6.18 Å². The lowest BCUT2D eigenvalue weighted by Crippen LogP contribution is -2.37. The highest BCUT2D eigenvalue weighted by molar-refractivity contribution is 9.10. The maximum absolute atomic E-state index is 12.6. The second-order valence-corrected chi connectivity index (χ2v) is 3.77. The van der Waals surface area contributed by atoms with Gasteiger partial charge in [-0.05, 0) is 28.1 Å². The van der Waals surface area contributed by atoms with Gasteiger partial charge >= 0.3 is 13.3 Å². The Morgan fingerprint density at radius 1 is 1.31 bits per heavy atom. The zero-order valence-corrected chi connectivity index (χ0v) is 9.63. The molecule has 0 aliphatic carbocycles. The van der Waals surface area contributed by atoms with Crippen LogP contribution in [0.25, 0.3) is 0 Å². The molecule has 0 saturated carbocycles. The van der Waals surface area contributed by atoms with Gasteiger partial charge in [-0.2, -0.15) is 13.2 Å². The molecule has 1 aromatic rings. The fourth-order valence-corrected chi connectivity index (χ4v) is 1.79. The van der Waals surface area contributed by atoms with E-state index in [4.69, 9.17) is 14.8 Å². The average molecular weight is 299 g/mol. The van der Waals surface area contributed by atoms with Crippen molar-refractivity contribution >= 4 is 28.5 Å². The van der Waals surface area contributed by atoms with Crippen molar-refractivity contribution in [2.75, 3.05) is 7.11 Å². The van der Waals surface area contributed by atoms with Crippen LogP contribution in [-0.4, -0.2) is 24.3 Å². The summed E-state index contributed by atoms with van der Waals surface area (Å²) in [6.45, 7) is 0. The number of hydrogen-bond donors (Lipinski definition) is 2. The second kappa shape index (κ2) is 4.64. The first-order chi connectivity index (χ1) is 7.29. The highest BCUT2D eigenvalue weighted by Crippen LogP contribution is 2.33. The van der Waals surface area contributed by atoms with Gasteiger partial charge in [0.2, 0.25) is 0 Å². The summed E-state index contributed by atoms with van der Waals surface area (Å²) in [7, 11) is -1.12. The van der Waals surface area contributed by atoms with Crippen molar-refractivity contribution in [3.05, 3.63) is 22.2 Å². The van der Waals surface area contributed by atoms with E-state index >= 15 is 0 Å². The van der Waals surface area contributed by atoms with Gasteiger partial charge in [0.1, 0.15) is 5.75 Å². The van der Waals surface area contributed by atoms with Gasteiger partial charge in [-0.15, -0.1) is 0 Å². The Labute approximate surface area is 98.1 Å². The molecule has 0 amide bonds. The van der Waals surface area contributed by atoms with Crippen LogP contribution in [0, 0.1) is 0 Å². The molecule has 0 aromatic heterocycles. The Morgan fingerprint density at radius 2 is 1.88 bits per heavy atom. The molecule has 0 heterocycles. The molecule has 0 spiro atoms. The molecule has 1 aromatic carbocycles. The molecule has 0 unspecified atom stereocenters. The lowest BCUT2D eigenvalue weighted by Gasteiger charge is -2.16. The largest absolute Gasteiger partial charge is 0.496 e. The summed E-state index contributed by atoms with van der Waals surface area (Å²) in [6, 6.07) is 1.88. The number of benzene rings is 1. The Kier molecular flexibility index (Phi) is 3.87. The second-order valence-electron chi connectivity index (χ2n) is 2.91. The molecule has 8 heteroatoms. The first-order valence-electron chi connectivity index (χ1n) is 4.08. The number of ether oxygens (including phenoxy) is 1. The first kappa shape index (κ1) is 13.3. The lowest BCUT2D eigenvalue weighted by atomic mass is 9.76. The van der Waals surface area contributed by atoms with Gasteiger partial charge in [0.25, 0.3) is 0 Å². The van der Waals surface area contributed by atoms with E-state index in [1.165, 1.54) is 0 Å². The Bertz CT molecular complexity index is 395. The van der Waals surface area contributed by atoms with Crippen LogP contribution in [0.2, 0.25) is 0 Å². The minimum absolute atomic E-state index is 0.214. The van der Waals surface area contributed by atoms with Crippen molar-refractivity contribution < 1.29 is 28.0 Å². The van der Waals surface area contributed by atoms with E-state index in [2.05, 4.69) is 15.9 Å². The van der Waals surface area contributed by atoms with Crippen molar-refractivity contribution in [1.29, 1.82) is 0 Å². The molecule has 0 radical (unpaired) electrons. The zero-order valence-electron chi connectivity index (χ0n) is 8.05. The first-order valence-corrected chi connectivity index (χ1v) is 4.88. The highest BCUT2D eigenvalue weighted by atomic mass is 79.9. The van der Waals surface area contributed by atoms with Crippen molar-refractivity contribution in [3.8, 4) is 5.75 Å². The molecular formula is C8H7BBrF3O3. The fourth-order valence-electron chi connectivity index (χ4n) is 1.28. The molecule has 1 rings (SSSR count). The Morgan fingerprint density at radius 3 is 2.25 bits per heavy atom. The minimum Gasteiger partial charge on any atom is -0.496 e. The molecule has 0 fully saturated rings. The third-order valence-corrected chi connectivity index (χ3v) is 2.54. The van der Waals surface area contributed by atoms with Crippen LogP contribution in [0.3, 0.4) is 0 Å². The summed E-state index contributed by atoms with van der Waals surface area (Å²) < 4.78 is 42.6. The van der Waals surface area contributed by atoms with E-state index < -0.39 is 24.3 Å². The van der Waals surface area contributed by atoms with E-state index in [0.29, 0.717) is 0 Å². The smallest absolute Gasteiger partial charge is 0.492 e. The molecule has 88 valence electrons. The summed E-state index contributed by atoms with van der Waals surface area (Å²) in [4.78, 5) is 0. The monoisotopic (exact) mass is 298 g/mol. The number of rotatable bonds is 2. The number of methoxy groups -OCH3 is 1. The van der Waals surface area contributed by atoms with Gasteiger partial charge < -0.3 is 14.8 Å². The molecule has 3 nitrogen and oxygen atoms in total. The lowest BCUT2D eigenvalue weighted by molar-refractivity contribution is -0.136. The van der Waals surface area contributed by atoms with Crippen molar-refractivity contribution in [1.82, 2.24) is 0 Å². The summed E-state index contributed by atoms with van der Waals surface area (Å²) in [5.74, 6) is -0.246. The van der Waals surface area contributed by atoms with Gasteiger partial charge in [-0.25, -0.2) is 0 Å². The zero-order chi connectivity index (χ0) is 12.5. The Balaban J connectivity index is 3.52.